The first-order valence-corrected chi connectivity index (χ1v) is 7.93. The van der Waals surface area contributed by atoms with Crippen molar-refractivity contribution in [3.05, 3.63) is 23.8 Å². The van der Waals surface area contributed by atoms with Crippen LogP contribution in [0, 0.1) is 0 Å². The molecule has 18 heavy (non-hydrogen) atoms. The molecule has 1 unspecified atom stereocenters. The number of hydrogen-bond acceptors (Lipinski definition) is 3. The summed E-state index contributed by atoms with van der Waals surface area (Å²) in [7, 11) is 0. The molecule has 0 radical (unpaired) electrons. The van der Waals surface area contributed by atoms with Crippen molar-refractivity contribution in [2.24, 2.45) is 5.73 Å². The highest BCUT2D eigenvalue weighted by molar-refractivity contribution is 7.98. The van der Waals surface area contributed by atoms with Gasteiger partial charge >= 0.3 is 0 Å². The molecule has 100 valence electrons. The molecular formula is C14H22N2S2. The van der Waals surface area contributed by atoms with Gasteiger partial charge in [0.05, 0.1) is 0 Å². The summed E-state index contributed by atoms with van der Waals surface area (Å²) in [6.45, 7) is 7.56. The van der Waals surface area contributed by atoms with E-state index >= 15 is 0 Å². The smallest absolute Gasteiger partial charge is 0.107 e. The van der Waals surface area contributed by atoms with Crippen LogP contribution in [0.15, 0.2) is 23.1 Å². The Kier molecular flexibility index (Phi) is 5.96. The summed E-state index contributed by atoms with van der Waals surface area (Å²) < 4.78 is 0. The molecule has 0 spiro atoms. The molecule has 0 fully saturated rings. The second kappa shape index (κ2) is 7.00. The number of nitrogens with zero attached hydrogens (tertiary/aromatic N) is 1. The molecule has 0 saturated heterocycles. The van der Waals surface area contributed by atoms with E-state index in [-0.39, 0.29) is 0 Å². The normalized spacial score (nSPS) is 12.2. The van der Waals surface area contributed by atoms with Crippen molar-refractivity contribution in [1.29, 1.82) is 0 Å². The molecule has 1 aromatic carbocycles. The van der Waals surface area contributed by atoms with Crippen molar-refractivity contribution in [3.63, 3.8) is 0 Å². The Hall–Kier alpha value is -0.740. The van der Waals surface area contributed by atoms with Crippen LogP contribution in [0.1, 0.15) is 32.8 Å². The van der Waals surface area contributed by atoms with Crippen molar-refractivity contribution < 1.29 is 0 Å². The average Bonchev–Trinajstić information content (AvgIpc) is 2.38. The van der Waals surface area contributed by atoms with E-state index in [1.165, 1.54) is 0 Å². The van der Waals surface area contributed by atoms with Crippen LogP contribution in [0.25, 0.3) is 0 Å². The van der Waals surface area contributed by atoms with Crippen LogP contribution in [0.3, 0.4) is 0 Å². The molecule has 2 nitrogen and oxygen atoms in total. The van der Waals surface area contributed by atoms with Gasteiger partial charge in [-0.3, -0.25) is 0 Å². The van der Waals surface area contributed by atoms with E-state index in [0.29, 0.717) is 11.0 Å². The largest absolute Gasteiger partial charge is 0.389 e. The SMILES string of the molecule is CCC(C)N(CC)c1cccc(SC)c1C(N)=S. The van der Waals surface area contributed by atoms with Gasteiger partial charge in [0.25, 0.3) is 0 Å². The van der Waals surface area contributed by atoms with Crippen LogP contribution in [-0.2, 0) is 0 Å². The maximum atomic E-state index is 5.92. The number of hydrogen-bond donors (Lipinski definition) is 1. The lowest BCUT2D eigenvalue weighted by Gasteiger charge is -2.31. The third-order valence-electron chi connectivity index (χ3n) is 3.24. The van der Waals surface area contributed by atoms with Gasteiger partial charge in [-0.2, -0.15) is 0 Å². The highest BCUT2D eigenvalue weighted by Crippen LogP contribution is 2.31. The monoisotopic (exact) mass is 282 g/mol. The van der Waals surface area contributed by atoms with Gasteiger partial charge in [-0.1, -0.05) is 25.2 Å². The van der Waals surface area contributed by atoms with Crippen LogP contribution in [0.4, 0.5) is 5.69 Å². The van der Waals surface area contributed by atoms with Gasteiger partial charge < -0.3 is 10.6 Å². The number of anilines is 1. The second-order valence-corrected chi connectivity index (χ2v) is 5.55. The first-order chi connectivity index (χ1) is 8.56. The quantitative estimate of drug-likeness (QED) is 0.637. The number of thioether (sulfide) groups is 1. The van der Waals surface area contributed by atoms with Crippen LogP contribution in [0.2, 0.25) is 0 Å². The minimum absolute atomic E-state index is 0.483. The zero-order chi connectivity index (χ0) is 13.7. The Bertz CT molecular complexity index is 418. The molecule has 0 bridgehead atoms. The fourth-order valence-corrected chi connectivity index (χ4v) is 3.03. The van der Waals surface area contributed by atoms with Gasteiger partial charge in [-0.25, -0.2) is 0 Å². The van der Waals surface area contributed by atoms with Gasteiger partial charge in [0.1, 0.15) is 4.99 Å². The van der Waals surface area contributed by atoms with E-state index in [4.69, 9.17) is 18.0 Å². The molecule has 0 aliphatic heterocycles. The number of rotatable bonds is 6. The summed E-state index contributed by atoms with van der Waals surface area (Å²) in [6, 6.07) is 6.76. The third-order valence-corrected chi connectivity index (χ3v) is 4.23. The molecule has 0 amide bonds. The van der Waals surface area contributed by atoms with Crippen LogP contribution >= 0.6 is 24.0 Å². The van der Waals surface area contributed by atoms with Crippen molar-refractivity contribution in [1.82, 2.24) is 0 Å². The number of benzene rings is 1. The van der Waals surface area contributed by atoms with Crippen LogP contribution < -0.4 is 10.6 Å². The van der Waals surface area contributed by atoms with E-state index in [2.05, 4.69) is 50.1 Å². The molecule has 1 rings (SSSR count). The Morgan fingerprint density at radius 1 is 1.44 bits per heavy atom. The van der Waals surface area contributed by atoms with Crippen LogP contribution in [-0.4, -0.2) is 23.8 Å². The Balaban J connectivity index is 3.33. The molecule has 1 atom stereocenters. The molecule has 0 aromatic heterocycles. The third kappa shape index (κ3) is 3.18. The molecule has 0 aliphatic carbocycles. The summed E-state index contributed by atoms with van der Waals surface area (Å²) in [6.07, 6.45) is 3.16. The van der Waals surface area contributed by atoms with Crippen molar-refractivity contribution >= 4 is 34.7 Å². The van der Waals surface area contributed by atoms with E-state index < -0.39 is 0 Å². The summed E-state index contributed by atoms with van der Waals surface area (Å²) in [5, 5.41) is 0. The van der Waals surface area contributed by atoms with E-state index in [1.54, 1.807) is 11.8 Å². The summed E-state index contributed by atoms with van der Waals surface area (Å²) in [5.41, 5.74) is 8.09. The molecule has 0 aliphatic rings. The van der Waals surface area contributed by atoms with Gasteiger partial charge in [0.2, 0.25) is 0 Å². The summed E-state index contributed by atoms with van der Waals surface area (Å²) in [5.74, 6) is 0. The maximum Gasteiger partial charge on any atom is 0.107 e. The molecule has 0 heterocycles. The maximum absolute atomic E-state index is 5.92. The van der Waals surface area contributed by atoms with Gasteiger partial charge in [0, 0.05) is 28.7 Å². The summed E-state index contributed by atoms with van der Waals surface area (Å²) in [4.78, 5) is 4.01. The van der Waals surface area contributed by atoms with Crippen LogP contribution in [0.5, 0.6) is 0 Å². The van der Waals surface area contributed by atoms with Gasteiger partial charge in [0.15, 0.2) is 0 Å². The minimum Gasteiger partial charge on any atom is -0.389 e. The predicted octanol–water partition coefficient (Wildman–Crippen LogP) is 3.67. The average molecular weight is 282 g/mol. The first-order valence-electron chi connectivity index (χ1n) is 6.30. The zero-order valence-electron chi connectivity index (χ0n) is 11.6. The number of nitrogens with two attached hydrogens (primary N) is 1. The van der Waals surface area contributed by atoms with Gasteiger partial charge in [-0.05, 0) is 38.7 Å². The zero-order valence-corrected chi connectivity index (χ0v) is 13.2. The van der Waals surface area contributed by atoms with Gasteiger partial charge in [-0.15, -0.1) is 11.8 Å². The highest BCUT2D eigenvalue weighted by Gasteiger charge is 2.18. The molecule has 0 saturated carbocycles. The minimum atomic E-state index is 0.483. The lowest BCUT2D eigenvalue weighted by atomic mass is 10.1. The van der Waals surface area contributed by atoms with E-state index in [1.807, 2.05) is 0 Å². The topological polar surface area (TPSA) is 29.3 Å². The molecular weight excluding hydrogens is 260 g/mol. The summed E-state index contributed by atoms with van der Waals surface area (Å²) >= 11 is 6.92. The Morgan fingerprint density at radius 3 is 2.56 bits per heavy atom. The standard InChI is InChI=1S/C14H22N2S2/c1-5-10(3)16(6-2)11-8-7-9-12(18-4)13(11)14(15)17/h7-10H,5-6H2,1-4H3,(H2,15,17). The fourth-order valence-electron chi connectivity index (χ4n) is 2.12. The Morgan fingerprint density at radius 2 is 2.11 bits per heavy atom. The lowest BCUT2D eigenvalue weighted by Crippen LogP contribution is -2.34. The molecule has 4 heteroatoms. The van der Waals surface area contributed by atoms with Crippen molar-refractivity contribution in [2.75, 3.05) is 17.7 Å². The highest BCUT2D eigenvalue weighted by atomic mass is 32.2. The Labute approximate surface area is 120 Å². The van der Waals surface area contributed by atoms with Crippen molar-refractivity contribution in [3.8, 4) is 0 Å². The first kappa shape index (κ1) is 15.3. The van der Waals surface area contributed by atoms with E-state index in [0.717, 1.165) is 29.1 Å². The number of thiocarbonyl (C=S) groups is 1. The fraction of sp³-hybridized carbons (Fsp3) is 0.500. The van der Waals surface area contributed by atoms with E-state index in [9.17, 15) is 0 Å². The van der Waals surface area contributed by atoms with Crippen molar-refractivity contribution in [2.45, 2.75) is 38.1 Å². The predicted molar refractivity (Wildman–Crippen MR) is 86.9 cm³/mol. The lowest BCUT2D eigenvalue weighted by molar-refractivity contribution is 0.629. The molecule has 2 N–H and O–H groups in total. The second-order valence-electron chi connectivity index (χ2n) is 4.26. The molecule has 1 aromatic rings.